The minimum absolute atomic E-state index is 0.0786. The number of aliphatic carboxylic acids is 1. The third kappa shape index (κ3) is 4.61. The van der Waals surface area contributed by atoms with Crippen LogP contribution in [0.15, 0.2) is 0 Å². The van der Waals surface area contributed by atoms with Crippen molar-refractivity contribution >= 4 is 12.0 Å². The number of rotatable bonds is 6. The van der Waals surface area contributed by atoms with E-state index in [0.29, 0.717) is 24.9 Å². The molecule has 1 aliphatic carbocycles. The number of nitrogens with one attached hydrogen (secondary N) is 1. The topological polar surface area (TPSA) is 69.6 Å². The highest BCUT2D eigenvalue weighted by Crippen LogP contribution is 2.35. The molecule has 0 radical (unpaired) electrons. The molecule has 2 rings (SSSR count). The summed E-state index contributed by atoms with van der Waals surface area (Å²) >= 11 is 0. The summed E-state index contributed by atoms with van der Waals surface area (Å²) < 4.78 is 0. The number of carboxylic acid groups (broad SMARTS) is 1. The Labute approximate surface area is 127 Å². The van der Waals surface area contributed by atoms with Gasteiger partial charge in [0.2, 0.25) is 0 Å². The number of amides is 2. The van der Waals surface area contributed by atoms with Crippen molar-refractivity contribution in [3.8, 4) is 0 Å². The van der Waals surface area contributed by atoms with Crippen molar-refractivity contribution in [2.75, 3.05) is 13.1 Å². The van der Waals surface area contributed by atoms with E-state index in [9.17, 15) is 9.59 Å². The van der Waals surface area contributed by atoms with Crippen molar-refractivity contribution in [2.24, 2.45) is 11.8 Å². The van der Waals surface area contributed by atoms with Crippen molar-refractivity contribution in [2.45, 2.75) is 64.3 Å². The largest absolute Gasteiger partial charge is 0.481 e. The van der Waals surface area contributed by atoms with Crippen LogP contribution in [0.3, 0.4) is 0 Å². The average molecular weight is 296 g/mol. The maximum Gasteiger partial charge on any atom is 0.317 e. The molecule has 1 heterocycles. The van der Waals surface area contributed by atoms with Gasteiger partial charge < -0.3 is 15.3 Å². The van der Waals surface area contributed by atoms with Crippen LogP contribution in [0.1, 0.15) is 58.3 Å². The Balaban J connectivity index is 1.66. The molecule has 0 aromatic carbocycles. The number of hydrogen-bond donors (Lipinski definition) is 2. The van der Waals surface area contributed by atoms with Gasteiger partial charge in [0.15, 0.2) is 0 Å². The highest BCUT2D eigenvalue weighted by molar-refractivity contribution is 5.74. The summed E-state index contributed by atoms with van der Waals surface area (Å²) in [6, 6.07) is 0.540. The van der Waals surface area contributed by atoms with Crippen LogP contribution < -0.4 is 5.32 Å². The Bertz CT molecular complexity index is 373. The second-order valence-electron chi connectivity index (χ2n) is 6.65. The summed E-state index contributed by atoms with van der Waals surface area (Å²) in [5.74, 6) is 0.313. The predicted octanol–water partition coefficient (Wildman–Crippen LogP) is 2.85. The van der Waals surface area contributed by atoms with Gasteiger partial charge in [-0.15, -0.1) is 0 Å². The first-order valence-corrected chi connectivity index (χ1v) is 8.34. The number of carbonyl (C=O) groups excluding carboxylic acids is 1. The van der Waals surface area contributed by atoms with E-state index in [4.69, 9.17) is 5.11 Å². The first kappa shape index (κ1) is 16.1. The van der Waals surface area contributed by atoms with Gasteiger partial charge in [-0.3, -0.25) is 4.79 Å². The molecule has 3 unspecified atom stereocenters. The van der Waals surface area contributed by atoms with Crippen LogP contribution in [0.5, 0.6) is 0 Å². The molecule has 1 aliphatic heterocycles. The Morgan fingerprint density at radius 2 is 2.00 bits per heavy atom. The van der Waals surface area contributed by atoms with E-state index < -0.39 is 5.97 Å². The van der Waals surface area contributed by atoms with Crippen LogP contribution in [0.2, 0.25) is 0 Å². The maximum absolute atomic E-state index is 12.3. The minimum atomic E-state index is -0.744. The van der Waals surface area contributed by atoms with Crippen LogP contribution in [-0.4, -0.2) is 41.1 Å². The van der Waals surface area contributed by atoms with Crippen LogP contribution in [-0.2, 0) is 4.79 Å². The van der Waals surface area contributed by atoms with Gasteiger partial charge in [-0.1, -0.05) is 19.8 Å². The Kier molecular flexibility index (Phi) is 5.88. The Morgan fingerprint density at radius 1 is 1.24 bits per heavy atom. The fourth-order valence-electron chi connectivity index (χ4n) is 3.70. The highest BCUT2D eigenvalue weighted by Gasteiger charge is 2.37. The molecule has 0 aromatic rings. The molecular weight excluding hydrogens is 268 g/mol. The van der Waals surface area contributed by atoms with Gasteiger partial charge in [0.1, 0.15) is 0 Å². The highest BCUT2D eigenvalue weighted by atomic mass is 16.4. The number of urea groups is 1. The number of fused-ring (bicyclic) bond motifs is 1. The quantitative estimate of drug-likeness (QED) is 0.792. The molecule has 5 heteroatoms. The zero-order valence-electron chi connectivity index (χ0n) is 13.0. The molecule has 5 nitrogen and oxygen atoms in total. The van der Waals surface area contributed by atoms with Crippen molar-refractivity contribution in [3.05, 3.63) is 0 Å². The molecule has 2 fully saturated rings. The molecular formula is C16H28N2O3. The standard InChI is InChI=1S/C16H28N2O3/c1-12(6-7-15(19)20)8-10-17-16(21)18-11-9-13-4-2-3-5-14(13)18/h12-14H,2-11H2,1H3,(H,17,21)(H,19,20). The molecule has 0 bridgehead atoms. The van der Waals surface area contributed by atoms with E-state index >= 15 is 0 Å². The van der Waals surface area contributed by atoms with Gasteiger partial charge in [-0.25, -0.2) is 4.79 Å². The summed E-state index contributed by atoms with van der Waals surface area (Å²) in [6.45, 7) is 3.59. The lowest BCUT2D eigenvalue weighted by molar-refractivity contribution is -0.137. The SMILES string of the molecule is CC(CCNC(=O)N1CCC2CCCCC21)CCC(=O)O. The molecule has 1 saturated heterocycles. The average Bonchev–Trinajstić information content (AvgIpc) is 2.89. The number of likely N-dealkylation sites (tertiary alicyclic amines) is 1. The smallest absolute Gasteiger partial charge is 0.317 e. The Morgan fingerprint density at radius 3 is 2.76 bits per heavy atom. The number of carboxylic acids is 1. The molecule has 3 atom stereocenters. The lowest BCUT2D eigenvalue weighted by Crippen LogP contribution is -2.45. The number of carbonyl (C=O) groups is 2. The van der Waals surface area contributed by atoms with Crippen molar-refractivity contribution in [3.63, 3.8) is 0 Å². The normalized spacial score (nSPS) is 26.2. The van der Waals surface area contributed by atoms with E-state index in [1.807, 2.05) is 11.8 Å². The lowest BCUT2D eigenvalue weighted by Gasteiger charge is -2.31. The van der Waals surface area contributed by atoms with Gasteiger partial charge in [0.25, 0.3) is 0 Å². The fourth-order valence-corrected chi connectivity index (χ4v) is 3.70. The molecule has 1 saturated carbocycles. The molecule has 21 heavy (non-hydrogen) atoms. The predicted molar refractivity (Wildman–Crippen MR) is 81.1 cm³/mol. The molecule has 2 amide bonds. The van der Waals surface area contributed by atoms with Crippen LogP contribution in [0.4, 0.5) is 4.79 Å². The monoisotopic (exact) mass is 296 g/mol. The third-order valence-corrected chi connectivity index (χ3v) is 5.04. The Hall–Kier alpha value is -1.26. The lowest BCUT2D eigenvalue weighted by atomic mass is 9.85. The minimum Gasteiger partial charge on any atom is -0.481 e. The molecule has 0 aromatic heterocycles. The van der Waals surface area contributed by atoms with Crippen LogP contribution >= 0.6 is 0 Å². The van der Waals surface area contributed by atoms with Crippen molar-refractivity contribution < 1.29 is 14.7 Å². The van der Waals surface area contributed by atoms with E-state index in [2.05, 4.69) is 5.32 Å². The molecule has 0 spiro atoms. The summed E-state index contributed by atoms with van der Waals surface area (Å²) in [5.41, 5.74) is 0. The second kappa shape index (κ2) is 7.66. The van der Waals surface area contributed by atoms with Crippen molar-refractivity contribution in [1.82, 2.24) is 10.2 Å². The van der Waals surface area contributed by atoms with E-state index in [1.54, 1.807) is 0 Å². The summed E-state index contributed by atoms with van der Waals surface area (Å²) in [5, 5.41) is 11.7. The van der Waals surface area contributed by atoms with Gasteiger partial charge in [0.05, 0.1) is 0 Å². The zero-order chi connectivity index (χ0) is 15.2. The van der Waals surface area contributed by atoms with Gasteiger partial charge in [0, 0.05) is 25.6 Å². The number of nitrogens with zero attached hydrogens (tertiary/aromatic N) is 1. The van der Waals surface area contributed by atoms with Crippen molar-refractivity contribution in [1.29, 1.82) is 0 Å². The first-order valence-electron chi connectivity index (χ1n) is 8.34. The van der Waals surface area contributed by atoms with E-state index in [-0.39, 0.29) is 12.5 Å². The second-order valence-corrected chi connectivity index (χ2v) is 6.65. The number of hydrogen-bond acceptors (Lipinski definition) is 2. The van der Waals surface area contributed by atoms with Gasteiger partial charge in [-0.05, 0) is 43.9 Å². The van der Waals surface area contributed by atoms with Crippen LogP contribution in [0, 0.1) is 11.8 Å². The van der Waals surface area contributed by atoms with E-state index in [1.165, 1.54) is 19.3 Å². The molecule has 2 N–H and O–H groups in total. The first-order chi connectivity index (χ1) is 10.1. The molecule has 120 valence electrons. The summed E-state index contributed by atoms with van der Waals surface area (Å²) in [7, 11) is 0. The summed E-state index contributed by atoms with van der Waals surface area (Å²) in [6.07, 6.45) is 7.90. The van der Waals surface area contributed by atoms with Crippen LogP contribution in [0.25, 0.3) is 0 Å². The van der Waals surface area contributed by atoms with Gasteiger partial charge >= 0.3 is 12.0 Å². The van der Waals surface area contributed by atoms with E-state index in [0.717, 1.165) is 31.7 Å². The maximum atomic E-state index is 12.3. The summed E-state index contributed by atoms with van der Waals surface area (Å²) in [4.78, 5) is 24.8. The fraction of sp³-hybridized carbons (Fsp3) is 0.875. The molecule has 2 aliphatic rings. The third-order valence-electron chi connectivity index (χ3n) is 5.04. The zero-order valence-corrected chi connectivity index (χ0v) is 13.0. The van der Waals surface area contributed by atoms with Gasteiger partial charge in [-0.2, -0.15) is 0 Å².